The lowest BCUT2D eigenvalue weighted by atomic mass is 10.0. The zero-order chi connectivity index (χ0) is 17.7. The van der Waals surface area contributed by atoms with Gasteiger partial charge in [-0.15, -0.1) is 0 Å². The highest BCUT2D eigenvalue weighted by atomic mass is 16.5. The molecule has 0 aromatic heterocycles. The van der Waals surface area contributed by atoms with Crippen LogP contribution in [-0.2, 0) is 14.3 Å². The molecule has 3 rings (SSSR count). The number of nitrogens with zero attached hydrogens (tertiary/aromatic N) is 2. The Morgan fingerprint density at radius 3 is 2.72 bits per heavy atom. The Balaban J connectivity index is 1.54. The van der Waals surface area contributed by atoms with E-state index in [0.717, 1.165) is 30.8 Å². The molecule has 0 saturated carbocycles. The van der Waals surface area contributed by atoms with E-state index in [-0.39, 0.29) is 5.91 Å². The number of hydrogen-bond donors (Lipinski definition) is 0. The molecule has 2 heterocycles. The van der Waals surface area contributed by atoms with Crippen molar-refractivity contribution in [2.24, 2.45) is 0 Å². The van der Waals surface area contributed by atoms with Crippen LogP contribution < -0.4 is 4.74 Å². The van der Waals surface area contributed by atoms with Crippen molar-refractivity contribution in [2.75, 3.05) is 59.7 Å². The average Bonchev–Trinajstić information content (AvgIpc) is 3.07. The third-order valence-electron chi connectivity index (χ3n) is 5.15. The first-order valence-corrected chi connectivity index (χ1v) is 8.93. The first-order valence-electron chi connectivity index (χ1n) is 8.93. The molecule has 2 aliphatic heterocycles. The van der Waals surface area contributed by atoms with Crippen molar-refractivity contribution in [2.45, 2.75) is 18.9 Å². The van der Waals surface area contributed by atoms with Crippen molar-refractivity contribution in [3.05, 3.63) is 29.8 Å². The fourth-order valence-corrected chi connectivity index (χ4v) is 3.38. The highest BCUT2D eigenvalue weighted by molar-refractivity contribution is 5.78. The van der Waals surface area contributed by atoms with Gasteiger partial charge in [-0.3, -0.25) is 9.69 Å². The summed E-state index contributed by atoms with van der Waals surface area (Å²) in [4.78, 5) is 16.7. The second-order valence-electron chi connectivity index (χ2n) is 6.90. The smallest absolute Gasteiger partial charge is 0.236 e. The molecule has 2 saturated heterocycles. The van der Waals surface area contributed by atoms with Crippen LogP contribution in [0.2, 0.25) is 0 Å². The molecule has 6 nitrogen and oxygen atoms in total. The minimum Gasteiger partial charge on any atom is -0.490 e. The number of aryl methyl sites for hydroxylation is 1. The van der Waals surface area contributed by atoms with Crippen LogP contribution in [0.15, 0.2) is 24.3 Å². The summed E-state index contributed by atoms with van der Waals surface area (Å²) >= 11 is 0. The molecule has 0 spiro atoms. The maximum atomic E-state index is 12.6. The number of benzene rings is 1. The van der Waals surface area contributed by atoms with Gasteiger partial charge in [-0.05, 0) is 25.0 Å². The van der Waals surface area contributed by atoms with E-state index in [1.54, 1.807) is 7.11 Å². The highest BCUT2D eigenvalue weighted by Gasteiger charge is 2.41. The van der Waals surface area contributed by atoms with Crippen LogP contribution in [0.5, 0.6) is 5.75 Å². The predicted octanol–water partition coefficient (Wildman–Crippen LogP) is 1.32. The van der Waals surface area contributed by atoms with Gasteiger partial charge >= 0.3 is 0 Å². The van der Waals surface area contributed by atoms with Gasteiger partial charge in [-0.1, -0.05) is 18.2 Å². The van der Waals surface area contributed by atoms with E-state index in [9.17, 15) is 4.79 Å². The van der Waals surface area contributed by atoms with Crippen LogP contribution in [-0.4, -0.2) is 81.0 Å². The summed E-state index contributed by atoms with van der Waals surface area (Å²) in [5.74, 6) is 1.04. The molecule has 1 aromatic carbocycles. The fourth-order valence-electron chi connectivity index (χ4n) is 3.38. The van der Waals surface area contributed by atoms with Crippen LogP contribution in [0.1, 0.15) is 12.0 Å². The lowest BCUT2D eigenvalue weighted by Gasteiger charge is -2.30. The standard InChI is InChI=1S/C19H28N2O4/c1-16-5-3-4-6-17(16)25-15-19(23-2)7-8-21(14-19)18(22)13-20-9-11-24-12-10-20/h3-6H,7-15H2,1-2H3/t19-/m0/s1. The molecule has 2 fully saturated rings. The minimum absolute atomic E-state index is 0.164. The zero-order valence-corrected chi connectivity index (χ0v) is 15.2. The van der Waals surface area contributed by atoms with E-state index < -0.39 is 5.60 Å². The van der Waals surface area contributed by atoms with E-state index in [0.29, 0.717) is 39.5 Å². The Labute approximate surface area is 149 Å². The molecule has 1 aromatic rings. The van der Waals surface area contributed by atoms with Gasteiger partial charge in [0.2, 0.25) is 5.91 Å². The third-order valence-corrected chi connectivity index (χ3v) is 5.15. The SMILES string of the molecule is CO[C@@]1(COc2ccccc2C)CCN(C(=O)CN2CCOCC2)C1. The zero-order valence-electron chi connectivity index (χ0n) is 15.2. The quantitative estimate of drug-likeness (QED) is 0.776. The van der Waals surface area contributed by atoms with E-state index >= 15 is 0 Å². The molecule has 6 heteroatoms. The molecular weight excluding hydrogens is 320 g/mol. The Kier molecular flexibility index (Phi) is 5.93. The number of ether oxygens (including phenoxy) is 3. The van der Waals surface area contributed by atoms with Gasteiger partial charge in [0.1, 0.15) is 18.0 Å². The Bertz CT molecular complexity index is 589. The number of para-hydroxylation sites is 1. The number of hydrogen-bond acceptors (Lipinski definition) is 5. The molecule has 1 amide bonds. The fraction of sp³-hybridized carbons (Fsp3) is 0.632. The molecule has 25 heavy (non-hydrogen) atoms. The molecule has 0 unspecified atom stereocenters. The highest BCUT2D eigenvalue weighted by Crippen LogP contribution is 2.27. The summed E-state index contributed by atoms with van der Waals surface area (Å²) in [6.45, 7) is 7.31. The molecule has 138 valence electrons. The van der Waals surface area contributed by atoms with Gasteiger partial charge in [0.15, 0.2) is 0 Å². The summed E-state index contributed by atoms with van der Waals surface area (Å²) in [5, 5.41) is 0. The summed E-state index contributed by atoms with van der Waals surface area (Å²) in [7, 11) is 1.71. The second kappa shape index (κ2) is 8.17. The maximum Gasteiger partial charge on any atom is 0.236 e. The molecule has 2 aliphatic rings. The molecule has 0 aliphatic carbocycles. The topological polar surface area (TPSA) is 51.2 Å². The second-order valence-corrected chi connectivity index (χ2v) is 6.90. The van der Waals surface area contributed by atoms with E-state index in [2.05, 4.69) is 4.90 Å². The van der Waals surface area contributed by atoms with Crippen molar-refractivity contribution >= 4 is 5.91 Å². The molecule has 0 N–H and O–H groups in total. The van der Waals surface area contributed by atoms with Crippen molar-refractivity contribution in [3.63, 3.8) is 0 Å². The first kappa shape index (κ1) is 18.2. The molecule has 0 radical (unpaired) electrons. The van der Waals surface area contributed by atoms with Gasteiger partial charge < -0.3 is 19.1 Å². The van der Waals surface area contributed by atoms with Crippen LogP contribution in [0.25, 0.3) is 0 Å². The summed E-state index contributed by atoms with van der Waals surface area (Å²) < 4.78 is 17.1. The number of methoxy groups -OCH3 is 1. The molecular formula is C19H28N2O4. The Morgan fingerprint density at radius 1 is 1.24 bits per heavy atom. The van der Waals surface area contributed by atoms with Gasteiger partial charge in [-0.2, -0.15) is 0 Å². The number of amides is 1. The monoisotopic (exact) mass is 348 g/mol. The largest absolute Gasteiger partial charge is 0.490 e. The number of morpholine rings is 1. The van der Waals surface area contributed by atoms with Crippen molar-refractivity contribution in [3.8, 4) is 5.75 Å². The summed E-state index contributed by atoms with van der Waals surface area (Å²) in [5.41, 5.74) is 0.676. The van der Waals surface area contributed by atoms with E-state index in [4.69, 9.17) is 14.2 Å². The van der Waals surface area contributed by atoms with E-state index in [1.165, 1.54) is 0 Å². The number of rotatable bonds is 6. The lowest BCUT2D eigenvalue weighted by molar-refractivity contribution is -0.134. The average molecular weight is 348 g/mol. The van der Waals surface area contributed by atoms with Gasteiger partial charge in [-0.25, -0.2) is 0 Å². The number of carbonyl (C=O) groups is 1. The van der Waals surface area contributed by atoms with Crippen LogP contribution in [0.3, 0.4) is 0 Å². The molecule has 0 bridgehead atoms. The van der Waals surface area contributed by atoms with Crippen LogP contribution in [0, 0.1) is 6.92 Å². The number of carbonyl (C=O) groups excluding carboxylic acids is 1. The van der Waals surface area contributed by atoms with Gasteiger partial charge in [0, 0.05) is 26.7 Å². The van der Waals surface area contributed by atoms with Crippen molar-refractivity contribution in [1.82, 2.24) is 9.80 Å². The summed E-state index contributed by atoms with van der Waals surface area (Å²) in [6.07, 6.45) is 0.796. The lowest BCUT2D eigenvalue weighted by Crippen LogP contribution is -2.46. The Hall–Kier alpha value is -1.63. The van der Waals surface area contributed by atoms with Crippen molar-refractivity contribution in [1.29, 1.82) is 0 Å². The van der Waals surface area contributed by atoms with Crippen molar-refractivity contribution < 1.29 is 19.0 Å². The summed E-state index contributed by atoms with van der Waals surface area (Å²) in [6, 6.07) is 7.96. The number of likely N-dealkylation sites (tertiary alicyclic amines) is 1. The molecule has 1 atom stereocenters. The maximum absolute atomic E-state index is 12.6. The van der Waals surface area contributed by atoms with E-state index in [1.807, 2.05) is 36.1 Å². The van der Waals surface area contributed by atoms with Gasteiger partial charge in [0.25, 0.3) is 0 Å². The minimum atomic E-state index is -0.428. The van der Waals surface area contributed by atoms with Gasteiger partial charge in [0.05, 0.1) is 26.3 Å². The normalized spacial score (nSPS) is 24.5. The van der Waals surface area contributed by atoms with Crippen LogP contribution in [0.4, 0.5) is 0 Å². The Morgan fingerprint density at radius 2 is 2.00 bits per heavy atom. The third kappa shape index (κ3) is 4.51. The predicted molar refractivity (Wildman–Crippen MR) is 94.9 cm³/mol. The first-order chi connectivity index (χ1) is 12.1. The van der Waals surface area contributed by atoms with Crippen LogP contribution >= 0.6 is 0 Å².